The fraction of sp³-hybridized carbons (Fsp3) is 0.829. The molecule has 0 bridgehead atoms. The third-order valence-electron chi connectivity index (χ3n) is 11.5. The highest BCUT2D eigenvalue weighted by Gasteiger charge is 2.50. The lowest BCUT2D eigenvalue weighted by atomic mass is 9.60. The molecule has 3 fully saturated rings. The van der Waals surface area contributed by atoms with Crippen molar-refractivity contribution in [3.05, 3.63) is 35.5 Å². The zero-order valence-electron chi connectivity index (χ0n) is 26.3. The molecule has 0 aliphatic heterocycles. The van der Waals surface area contributed by atoms with Gasteiger partial charge in [0.05, 0.1) is 5.60 Å². The van der Waals surface area contributed by atoms with Gasteiger partial charge in [-0.25, -0.2) is 0 Å². The Morgan fingerprint density at radius 3 is 2.27 bits per heavy atom. The molecule has 0 heterocycles. The van der Waals surface area contributed by atoms with Crippen LogP contribution in [0.25, 0.3) is 0 Å². The van der Waals surface area contributed by atoms with E-state index in [4.69, 9.17) is 4.43 Å². The highest BCUT2D eigenvalue weighted by atomic mass is 28.4. The zero-order chi connectivity index (χ0) is 27.4. The quantitative estimate of drug-likeness (QED) is 0.192. The fourth-order valence-electron chi connectivity index (χ4n) is 8.85. The summed E-state index contributed by atoms with van der Waals surface area (Å²) in [7, 11) is -1.55. The molecule has 0 saturated heterocycles. The molecule has 3 aliphatic rings. The van der Waals surface area contributed by atoms with Crippen LogP contribution in [0.1, 0.15) is 127 Å². The van der Waals surface area contributed by atoms with Crippen molar-refractivity contribution in [2.45, 2.75) is 150 Å². The van der Waals surface area contributed by atoms with E-state index in [1.807, 2.05) is 0 Å². The van der Waals surface area contributed by atoms with Crippen LogP contribution in [0.15, 0.2) is 35.5 Å². The van der Waals surface area contributed by atoms with Gasteiger partial charge in [-0.15, -0.1) is 0 Å². The van der Waals surface area contributed by atoms with E-state index in [1.165, 1.54) is 87.9 Å². The van der Waals surface area contributed by atoms with Crippen LogP contribution < -0.4 is 0 Å². The molecular weight excluding hydrogens is 464 g/mol. The van der Waals surface area contributed by atoms with Gasteiger partial charge in [0.2, 0.25) is 0 Å². The minimum Gasteiger partial charge on any atom is -0.412 e. The van der Waals surface area contributed by atoms with E-state index in [9.17, 15) is 0 Å². The van der Waals surface area contributed by atoms with Crippen LogP contribution in [-0.4, -0.2) is 13.9 Å². The van der Waals surface area contributed by atoms with Gasteiger partial charge in [0, 0.05) is 0 Å². The number of allylic oxidation sites excluding steroid dienone is 5. The lowest BCUT2D eigenvalue weighted by molar-refractivity contribution is 0.0704. The summed E-state index contributed by atoms with van der Waals surface area (Å²) in [6, 6.07) is 3.75. The molecule has 212 valence electrons. The van der Waals surface area contributed by atoms with Crippen molar-refractivity contribution in [3.8, 4) is 0 Å². The topological polar surface area (TPSA) is 9.23 Å². The largest absolute Gasteiger partial charge is 0.412 e. The average Bonchev–Trinajstić information content (AvgIpc) is 3.22. The van der Waals surface area contributed by atoms with Crippen molar-refractivity contribution in [2.75, 3.05) is 0 Å². The first-order chi connectivity index (χ1) is 17.4. The Morgan fingerprint density at radius 2 is 1.68 bits per heavy atom. The van der Waals surface area contributed by atoms with E-state index >= 15 is 0 Å². The molecule has 37 heavy (non-hydrogen) atoms. The fourth-order valence-corrected chi connectivity index (χ4v) is 12.1. The number of hydrogen-bond donors (Lipinski definition) is 0. The third kappa shape index (κ3) is 7.13. The number of hydrogen-bond acceptors (Lipinski definition) is 1. The first-order valence-electron chi connectivity index (χ1n) is 16.2. The molecule has 0 aromatic heterocycles. The van der Waals surface area contributed by atoms with Gasteiger partial charge < -0.3 is 4.43 Å². The van der Waals surface area contributed by atoms with Crippen LogP contribution in [0.5, 0.6) is 0 Å². The van der Waals surface area contributed by atoms with Gasteiger partial charge in [-0.1, -0.05) is 96.8 Å². The standard InChI is InChI=1S/C35H62OSi/c1-11-37(12-2,13-3)36-34(8,9)22-14-16-26(4)32-20-21-33-31(17-15-23-35(32,33)10)19-18-30-24-27(5)29(7)28(6)25-30/h18-19,26-28,32-33H,7,11-17,20-25H2,1-6,8-10H3/b31-19+/t26-,27-,28-,32?,33?,35-/m1/s1. The summed E-state index contributed by atoms with van der Waals surface area (Å²) in [5, 5.41) is 0. The van der Waals surface area contributed by atoms with Crippen molar-refractivity contribution in [2.24, 2.45) is 35.0 Å². The Hall–Kier alpha value is -0.603. The SMILES string of the molecule is C=C1[C@H](C)CC(=C/C=C2\CCC[C@@]3(C)C2CCC3[C@H](C)CCCC(C)(C)O[Si](CC)(CC)CC)C[C@H]1C. The van der Waals surface area contributed by atoms with E-state index in [1.54, 1.807) is 11.1 Å². The molecule has 3 rings (SSSR count). The van der Waals surface area contributed by atoms with E-state index in [-0.39, 0.29) is 5.60 Å². The van der Waals surface area contributed by atoms with Gasteiger partial charge in [-0.2, -0.15) is 0 Å². The summed E-state index contributed by atoms with van der Waals surface area (Å²) >= 11 is 0. The second-order valence-corrected chi connectivity index (χ2v) is 19.1. The molecule has 2 heteroatoms. The zero-order valence-corrected chi connectivity index (χ0v) is 27.3. The number of fused-ring (bicyclic) bond motifs is 1. The van der Waals surface area contributed by atoms with Crippen LogP contribution in [0.4, 0.5) is 0 Å². The van der Waals surface area contributed by atoms with Crippen LogP contribution in [0.2, 0.25) is 18.1 Å². The minimum atomic E-state index is -1.55. The van der Waals surface area contributed by atoms with Crippen LogP contribution in [-0.2, 0) is 4.43 Å². The molecule has 0 N–H and O–H groups in total. The van der Waals surface area contributed by atoms with Crippen LogP contribution >= 0.6 is 0 Å². The lowest BCUT2D eigenvalue weighted by Crippen LogP contribution is -2.44. The van der Waals surface area contributed by atoms with Crippen LogP contribution in [0.3, 0.4) is 0 Å². The normalized spacial score (nSPS) is 33.1. The van der Waals surface area contributed by atoms with Crippen LogP contribution in [0, 0.1) is 35.0 Å². The summed E-state index contributed by atoms with van der Waals surface area (Å²) in [5.41, 5.74) is 5.42. The smallest absolute Gasteiger partial charge is 0.192 e. The summed E-state index contributed by atoms with van der Waals surface area (Å²) in [6.07, 6.45) is 18.4. The Morgan fingerprint density at radius 1 is 1.05 bits per heavy atom. The van der Waals surface area contributed by atoms with Crippen molar-refractivity contribution in [1.29, 1.82) is 0 Å². The lowest BCUT2D eigenvalue weighted by Gasteiger charge is -2.44. The molecule has 0 aromatic rings. The molecule has 0 aromatic carbocycles. The molecule has 2 unspecified atom stereocenters. The van der Waals surface area contributed by atoms with Gasteiger partial charge in [-0.3, -0.25) is 0 Å². The Kier molecular flexibility index (Phi) is 10.6. The maximum atomic E-state index is 6.92. The van der Waals surface area contributed by atoms with Gasteiger partial charge in [-0.05, 0) is 118 Å². The molecule has 3 aliphatic carbocycles. The Balaban J connectivity index is 1.60. The molecular formula is C35H62OSi. The first-order valence-corrected chi connectivity index (χ1v) is 18.7. The van der Waals surface area contributed by atoms with Crippen molar-refractivity contribution >= 4 is 8.32 Å². The van der Waals surface area contributed by atoms with Gasteiger partial charge in [0.25, 0.3) is 0 Å². The monoisotopic (exact) mass is 526 g/mol. The molecule has 0 radical (unpaired) electrons. The predicted octanol–water partition coefficient (Wildman–Crippen LogP) is 11.3. The number of rotatable bonds is 11. The maximum Gasteiger partial charge on any atom is 0.192 e. The summed E-state index contributed by atoms with van der Waals surface area (Å²) in [5.74, 6) is 3.79. The van der Waals surface area contributed by atoms with Crippen molar-refractivity contribution in [3.63, 3.8) is 0 Å². The molecule has 0 amide bonds. The van der Waals surface area contributed by atoms with Gasteiger partial charge >= 0.3 is 0 Å². The molecule has 1 nitrogen and oxygen atoms in total. The van der Waals surface area contributed by atoms with Crippen molar-refractivity contribution < 1.29 is 4.43 Å². The minimum absolute atomic E-state index is 0.0325. The second kappa shape index (κ2) is 12.7. The second-order valence-electron chi connectivity index (χ2n) is 14.4. The van der Waals surface area contributed by atoms with E-state index in [0.717, 1.165) is 17.8 Å². The predicted molar refractivity (Wildman–Crippen MR) is 166 cm³/mol. The maximum absolute atomic E-state index is 6.92. The summed E-state index contributed by atoms with van der Waals surface area (Å²) in [4.78, 5) is 0. The summed E-state index contributed by atoms with van der Waals surface area (Å²) in [6.45, 7) is 26.1. The Bertz CT molecular complexity index is 806. The Labute approximate surface area is 233 Å². The van der Waals surface area contributed by atoms with E-state index in [2.05, 4.69) is 81.0 Å². The molecule has 3 saturated carbocycles. The first kappa shape index (κ1) is 30.9. The molecule has 0 spiro atoms. The van der Waals surface area contributed by atoms with Gasteiger partial charge in [0.15, 0.2) is 8.32 Å². The van der Waals surface area contributed by atoms with E-state index < -0.39 is 8.32 Å². The average molecular weight is 527 g/mol. The third-order valence-corrected chi connectivity index (χ3v) is 16.4. The highest BCUT2D eigenvalue weighted by molar-refractivity contribution is 6.73. The highest BCUT2D eigenvalue weighted by Crippen LogP contribution is 2.60. The van der Waals surface area contributed by atoms with Crippen molar-refractivity contribution in [1.82, 2.24) is 0 Å². The van der Waals surface area contributed by atoms with Gasteiger partial charge in [0.1, 0.15) is 0 Å². The molecule has 6 atom stereocenters. The van der Waals surface area contributed by atoms with E-state index in [0.29, 0.717) is 17.3 Å². The summed E-state index contributed by atoms with van der Waals surface area (Å²) < 4.78 is 6.92.